The number of anilines is 2. The van der Waals surface area contributed by atoms with Gasteiger partial charge in [0.05, 0.1) is 6.67 Å². The summed E-state index contributed by atoms with van der Waals surface area (Å²) in [5.41, 5.74) is -0.0239. The van der Waals surface area contributed by atoms with Crippen molar-refractivity contribution in [2.75, 3.05) is 31.0 Å². The average molecular weight is 266 g/mol. The van der Waals surface area contributed by atoms with Crippen LogP contribution in [0.5, 0.6) is 0 Å². The molecule has 1 rings (SSSR count). The summed E-state index contributed by atoms with van der Waals surface area (Å²) < 4.78 is 0. The third kappa shape index (κ3) is 4.02. The average Bonchev–Trinajstić information content (AvgIpc) is 2.27. The predicted octanol–water partition coefficient (Wildman–Crippen LogP) is 1.72. The molecule has 108 valence electrons. The molecule has 1 heterocycles. The molecular weight excluding hydrogens is 240 g/mol. The SMILES string of the molecule is CNCN(C)c1ncnc(NC(C)(C)C(C)(C)C)n1. The van der Waals surface area contributed by atoms with Crippen LogP contribution >= 0.6 is 0 Å². The van der Waals surface area contributed by atoms with E-state index in [4.69, 9.17) is 0 Å². The zero-order chi connectivity index (χ0) is 14.7. The van der Waals surface area contributed by atoms with Crippen molar-refractivity contribution in [3.05, 3.63) is 6.33 Å². The van der Waals surface area contributed by atoms with E-state index < -0.39 is 0 Å². The molecule has 0 saturated carbocycles. The van der Waals surface area contributed by atoms with Gasteiger partial charge in [0, 0.05) is 12.6 Å². The largest absolute Gasteiger partial charge is 0.349 e. The fourth-order valence-corrected chi connectivity index (χ4v) is 1.31. The van der Waals surface area contributed by atoms with Gasteiger partial charge in [-0.2, -0.15) is 4.98 Å². The van der Waals surface area contributed by atoms with Gasteiger partial charge in [-0.15, -0.1) is 0 Å². The first kappa shape index (κ1) is 15.6. The van der Waals surface area contributed by atoms with Crippen LogP contribution in [0.1, 0.15) is 34.6 Å². The van der Waals surface area contributed by atoms with E-state index in [1.54, 1.807) is 0 Å². The second kappa shape index (κ2) is 5.69. The lowest BCUT2D eigenvalue weighted by Crippen LogP contribution is -2.44. The monoisotopic (exact) mass is 266 g/mol. The quantitative estimate of drug-likeness (QED) is 0.791. The molecule has 0 atom stereocenters. The van der Waals surface area contributed by atoms with E-state index in [0.29, 0.717) is 18.6 Å². The van der Waals surface area contributed by atoms with E-state index in [-0.39, 0.29) is 11.0 Å². The number of hydrogen-bond acceptors (Lipinski definition) is 6. The van der Waals surface area contributed by atoms with Crippen molar-refractivity contribution in [3.63, 3.8) is 0 Å². The van der Waals surface area contributed by atoms with Crippen LogP contribution in [-0.2, 0) is 0 Å². The van der Waals surface area contributed by atoms with Crippen LogP contribution in [0.3, 0.4) is 0 Å². The molecule has 1 aromatic rings. The predicted molar refractivity (Wildman–Crippen MR) is 79.3 cm³/mol. The Morgan fingerprint density at radius 3 is 2.32 bits per heavy atom. The standard InChI is InChI=1S/C13H26N6/c1-12(2,3)13(4,5)18-10-15-8-16-11(17-10)19(7)9-14-6/h8,14H,9H2,1-7H3,(H,15,16,17,18). The highest BCUT2D eigenvalue weighted by atomic mass is 15.3. The lowest BCUT2D eigenvalue weighted by molar-refractivity contribution is 0.253. The molecule has 0 aliphatic carbocycles. The minimum Gasteiger partial charge on any atom is -0.349 e. The summed E-state index contributed by atoms with van der Waals surface area (Å²) in [6.07, 6.45) is 1.54. The number of nitrogens with zero attached hydrogens (tertiary/aromatic N) is 4. The molecule has 0 bridgehead atoms. The smallest absolute Gasteiger partial charge is 0.230 e. The van der Waals surface area contributed by atoms with Gasteiger partial charge in [0.15, 0.2) is 0 Å². The minimum atomic E-state index is -0.118. The zero-order valence-corrected chi connectivity index (χ0v) is 13.1. The maximum Gasteiger partial charge on any atom is 0.230 e. The van der Waals surface area contributed by atoms with Crippen LogP contribution in [0.15, 0.2) is 6.33 Å². The molecule has 0 fully saturated rings. The van der Waals surface area contributed by atoms with Gasteiger partial charge in [0.1, 0.15) is 6.33 Å². The van der Waals surface area contributed by atoms with Gasteiger partial charge in [-0.1, -0.05) is 20.8 Å². The molecule has 6 heteroatoms. The summed E-state index contributed by atoms with van der Waals surface area (Å²) in [6, 6.07) is 0. The molecule has 1 aromatic heterocycles. The number of aromatic nitrogens is 3. The third-order valence-corrected chi connectivity index (χ3v) is 3.60. The summed E-state index contributed by atoms with van der Waals surface area (Å²) in [5.74, 6) is 1.25. The Kier molecular flexibility index (Phi) is 4.68. The van der Waals surface area contributed by atoms with Gasteiger partial charge < -0.3 is 15.5 Å². The molecule has 0 radical (unpaired) electrons. The van der Waals surface area contributed by atoms with Crippen molar-refractivity contribution in [3.8, 4) is 0 Å². The van der Waals surface area contributed by atoms with Crippen molar-refractivity contribution in [1.82, 2.24) is 20.3 Å². The van der Waals surface area contributed by atoms with Gasteiger partial charge in [-0.3, -0.25) is 0 Å². The van der Waals surface area contributed by atoms with Crippen LogP contribution in [0, 0.1) is 5.41 Å². The summed E-state index contributed by atoms with van der Waals surface area (Å²) >= 11 is 0. The van der Waals surface area contributed by atoms with E-state index >= 15 is 0 Å². The zero-order valence-electron chi connectivity index (χ0n) is 13.1. The molecule has 6 nitrogen and oxygen atoms in total. The molecule has 0 amide bonds. The van der Waals surface area contributed by atoms with Crippen molar-refractivity contribution in [2.24, 2.45) is 5.41 Å². The first-order valence-electron chi connectivity index (χ1n) is 6.50. The topological polar surface area (TPSA) is 66.0 Å². The first-order valence-corrected chi connectivity index (χ1v) is 6.50. The second-order valence-corrected chi connectivity index (χ2v) is 6.32. The molecule has 0 aliphatic rings. The number of nitrogens with one attached hydrogen (secondary N) is 2. The Bertz CT molecular complexity index is 410. The Hall–Kier alpha value is -1.43. The number of rotatable bonds is 5. The Morgan fingerprint density at radius 2 is 1.79 bits per heavy atom. The molecular formula is C13H26N6. The summed E-state index contributed by atoms with van der Waals surface area (Å²) in [7, 11) is 3.82. The highest BCUT2D eigenvalue weighted by molar-refractivity contribution is 5.36. The normalized spacial score (nSPS) is 12.4. The van der Waals surface area contributed by atoms with Crippen molar-refractivity contribution < 1.29 is 0 Å². The van der Waals surface area contributed by atoms with Crippen molar-refractivity contribution >= 4 is 11.9 Å². The molecule has 2 N–H and O–H groups in total. The molecule has 0 aliphatic heterocycles. The first-order chi connectivity index (χ1) is 8.67. The minimum absolute atomic E-state index is 0.0939. The third-order valence-electron chi connectivity index (χ3n) is 3.60. The second-order valence-electron chi connectivity index (χ2n) is 6.32. The molecule has 0 saturated heterocycles. The molecule has 19 heavy (non-hydrogen) atoms. The van der Waals surface area contributed by atoms with Gasteiger partial charge >= 0.3 is 0 Å². The highest BCUT2D eigenvalue weighted by Crippen LogP contribution is 2.31. The van der Waals surface area contributed by atoms with Gasteiger partial charge in [0.25, 0.3) is 0 Å². The van der Waals surface area contributed by atoms with Gasteiger partial charge in [0.2, 0.25) is 11.9 Å². The van der Waals surface area contributed by atoms with Gasteiger partial charge in [-0.25, -0.2) is 9.97 Å². The summed E-state index contributed by atoms with van der Waals surface area (Å²) in [6.45, 7) is 11.5. The highest BCUT2D eigenvalue weighted by Gasteiger charge is 2.33. The van der Waals surface area contributed by atoms with Crippen LogP contribution in [-0.4, -0.2) is 41.3 Å². The van der Waals surface area contributed by atoms with Crippen molar-refractivity contribution in [1.29, 1.82) is 0 Å². The summed E-state index contributed by atoms with van der Waals surface area (Å²) in [5, 5.41) is 6.45. The Morgan fingerprint density at radius 1 is 1.16 bits per heavy atom. The Labute approximate surface area is 116 Å². The van der Waals surface area contributed by atoms with E-state index in [1.165, 1.54) is 6.33 Å². The molecule has 0 aromatic carbocycles. The van der Waals surface area contributed by atoms with E-state index in [0.717, 1.165) is 0 Å². The fourth-order valence-electron chi connectivity index (χ4n) is 1.31. The lowest BCUT2D eigenvalue weighted by atomic mass is 9.76. The van der Waals surface area contributed by atoms with Crippen LogP contribution in [0.2, 0.25) is 0 Å². The summed E-state index contributed by atoms with van der Waals surface area (Å²) in [4.78, 5) is 14.7. The molecule has 0 unspecified atom stereocenters. The Balaban J connectivity index is 2.89. The lowest BCUT2D eigenvalue weighted by Gasteiger charge is -2.39. The van der Waals surface area contributed by atoms with E-state index in [2.05, 4.69) is 60.2 Å². The van der Waals surface area contributed by atoms with Crippen molar-refractivity contribution in [2.45, 2.75) is 40.2 Å². The fraction of sp³-hybridized carbons (Fsp3) is 0.769. The van der Waals surface area contributed by atoms with Crippen LogP contribution in [0.4, 0.5) is 11.9 Å². The maximum atomic E-state index is 4.44. The molecule has 0 spiro atoms. The van der Waals surface area contributed by atoms with Gasteiger partial charge in [-0.05, 0) is 26.3 Å². The number of hydrogen-bond donors (Lipinski definition) is 2. The van der Waals surface area contributed by atoms with Crippen LogP contribution < -0.4 is 15.5 Å². The maximum absolute atomic E-state index is 4.44. The van der Waals surface area contributed by atoms with Crippen LogP contribution in [0.25, 0.3) is 0 Å². The van der Waals surface area contributed by atoms with E-state index in [9.17, 15) is 0 Å². The van der Waals surface area contributed by atoms with E-state index in [1.807, 2.05) is 19.0 Å².